The topological polar surface area (TPSA) is 75.6 Å². The van der Waals surface area contributed by atoms with Crippen molar-refractivity contribution < 1.29 is 28.2 Å². The molecule has 1 amide bonds. The molecule has 31 heavy (non-hydrogen) atoms. The lowest BCUT2D eigenvalue weighted by molar-refractivity contribution is 0.0692. The summed E-state index contributed by atoms with van der Waals surface area (Å²) in [5.74, 6) is -4.20. The molecule has 160 valence electrons. The Hall–Kier alpha value is -3.16. The molecule has 0 aromatic heterocycles. The molecule has 0 unspecified atom stereocenters. The first-order valence-electron chi connectivity index (χ1n) is 8.97. The van der Waals surface area contributed by atoms with Gasteiger partial charge in [0.15, 0.2) is 0 Å². The van der Waals surface area contributed by atoms with E-state index < -0.39 is 40.3 Å². The first kappa shape index (κ1) is 22.5. The number of ether oxygens (including phenoxy) is 1. The van der Waals surface area contributed by atoms with Crippen LogP contribution >= 0.6 is 23.2 Å². The van der Waals surface area contributed by atoms with Gasteiger partial charge >= 0.3 is 5.97 Å². The largest absolute Gasteiger partial charge is 0.494 e. The van der Waals surface area contributed by atoms with E-state index in [0.717, 1.165) is 12.1 Å². The number of carbonyl (C=O) groups excluding carboxylic acids is 1. The highest BCUT2D eigenvalue weighted by molar-refractivity contribution is 6.39. The first-order valence-corrected chi connectivity index (χ1v) is 9.73. The normalized spacial score (nSPS) is 10.6. The number of halogens is 4. The van der Waals surface area contributed by atoms with Crippen LogP contribution in [0.5, 0.6) is 5.75 Å². The molecule has 0 heterocycles. The summed E-state index contributed by atoms with van der Waals surface area (Å²) in [5, 5.41) is 10.9. The third kappa shape index (κ3) is 4.78. The predicted molar refractivity (Wildman–Crippen MR) is 114 cm³/mol. The zero-order valence-electron chi connectivity index (χ0n) is 16.0. The average Bonchev–Trinajstić information content (AvgIpc) is 2.72. The van der Waals surface area contributed by atoms with Crippen molar-refractivity contribution in [1.29, 1.82) is 0 Å². The number of hydrogen-bond donors (Lipinski definition) is 2. The Kier molecular flexibility index (Phi) is 6.77. The van der Waals surface area contributed by atoms with E-state index in [0.29, 0.717) is 17.9 Å². The summed E-state index contributed by atoms with van der Waals surface area (Å²) in [6.07, 6.45) is 0. The first-order chi connectivity index (χ1) is 14.7. The van der Waals surface area contributed by atoms with Crippen molar-refractivity contribution in [2.75, 3.05) is 11.9 Å². The van der Waals surface area contributed by atoms with Gasteiger partial charge in [0, 0.05) is 0 Å². The number of aromatic carboxylic acids is 1. The Bertz CT molecular complexity index is 1160. The highest BCUT2D eigenvalue weighted by atomic mass is 35.5. The number of carboxylic acids is 1. The van der Waals surface area contributed by atoms with Gasteiger partial charge in [0.2, 0.25) is 0 Å². The van der Waals surface area contributed by atoms with E-state index in [-0.39, 0.29) is 15.6 Å². The van der Waals surface area contributed by atoms with Gasteiger partial charge in [0.1, 0.15) is 23.1 Å². The van der Waals surface area contributed by atoms with Crippen LogP contribution in [0.4, 0.5) is 14.5 Å². The lowest BCUT2D eigenvalue weighted by atomic mass is 10.0. The van der Waals surface area contributed by atoms with Crippen molar-refractivity contribution in [1.82, 2.24) is 0 Å². The van der Waals surface area contributed by atoms with E-state index in [1.165, 1.54) is 12.1 Å². The maximum absolute atomic E-state index is 14.7. The Balaban J connectivity index is 1.98. The fraction of sp³-hybridized carbons (Fsp3) is 0.0909. The second kappa shape index (κ2) is 9.32. The molecule has 0 saturated carbocycles. The molecule has 0 atom stereocenters. The van der Waals surface area contributed by atoms with E-state index in [2.05, 4.69) is 0 Å². The van der Waals surface area contributed by atoms with E-state index in [9.17, 15) is 23.5 Å². The molecule has 0 aliphatic rings. The van der Waals surface area contributed by atoms with Crippen LogP contribution in [0.1, 0.15) is 27.6 Å². The highest BCUT2D eigenvalue weighted by Gasteiger charge is 2.25. The van der Waals surface area contributed by atoms with Gasteiger partial charge in [-0.1, -0.05) is 35.3 Å². The molecule has 0 saturated heterocycles. The van der Waals surface area contributed by atoms with Gasteiger partial charge in [-0.15, -0.1) is 0 Å². The molecule has 0 aliphatic heterocycles. The average molecular weight is 466 g/mol. The van der Waals surface area contributed by atoms with Crippen LogP contribution in [-0.4, -0.2) is 23.6 Å². The van der Waals surface area contributed by atoms with Gasteiger partial charge in [0.25, 0.3) is 5.91 Å². The Morgan fingerprint density at radius 3 is 2.16 bits per heavy atom. The molecule has 0 fully saturated rings. The summed E-state index contributed by atoms with van der Waals surface area (Å²) in [4.78, 5) is 24.1. The number of rotatable bonds is 6. The van der Waals surface area contributed by atoms with Gasteiger partial charge in [-0.05, 0) is 54.4 Å². The maximum Gasteiger partial charge on any atom is 0.338 e. The molecule has 3 rings (SSSR count). The zero-order valence-corrected chi connectivity index (χ0v) is 17.5. The number of carboxylic acid groups (broad SMARTS) is 1. The number of amides is 1. The van der Waals surface area contributed by atoms with Crippen LogP contribution in [0.2, 0.25) is 10.0 Å². The second-order valence-electron chi connectivity index (χ2n) is 6.31. The van der Waals surface area contributed by atoms with Crippen molar-refractivity contribution in [2.24, 2.45) is 0 Å². The minimum atomic E-state index is -1.51. The molecular weight excluding hydrogens is 451 g/mol. The van der Waals surface area contributed by atoms with Crippen LogP contribution in [0.15, 0.2) is 48.5 Å². The van der Waals surface area contributed by atoms with Crippen molar-refractivity contribution >= 4 is 40.8 Å². The number of hydrogen-bond acceptors (Lipinski definition) is 3. The summed E-state index contributed by atoms with van der Waals surface area (Å²) >= 11 is 11.8. The Morgan fingerprint density at radius 1 is 0.968 bits per heavy atom. The smallest absolute Gasteiger partial charge is 0.338 e. The molecule has 3 aromatic carbocycles. The molecule has 0 aliphatic carbocycles. The summed E-state index contributed by atoms with van der Waals surface area (Å²) in [6.45, 7) is 2.24. The third-order valence-corrected chi connectivity index (χ3v) is 4.93. The van der Waals surface area contributed by atoms with Crippen molar-refractivity contribution in [3.05, 3.63) is 81.3 Å². The zero-order chi connectivity index (χ0) is 22.7. The number of nitrogens with one attached hydrogen (secondary N) is 1. The molecule has 0 spiro atoms. The van der Waals surface area contributed by atoms with Gasteiger partial charge in [-0.3, -0.25) is 4.79 Å². The van der Waals surface area contributed by atoms with Crippen LogP contribution in [0.25, 0.3) is 11.1 Å². The Morgan fingerprint density at radius 2 is 1.58 bits per heavy atom. The summed E-state index contributed by atoms with van der Waals surface area (Å²) in [5.41, 5.74) is -1.10. The van der Waals surface area contributed by atoms with Crippen molar-refractivity contribution in [2.45, 2.75) is 6.92 Å². The lowest BCUT2D eigenvalue weighted by Gasteiger charge is -2.13. The summed E-state index contributed by atoms with van der Waals surface area (Å²) < 4.78 is 34.8. The molecule has 3 aromatic rings. The SMILES string of the molecule is CCOc1cccc(-c2cc(F)c(NC(=O)c3c(Cl)ccc(Cl)c3C(=O)O)c(F)c2)c1. The lowest BCUT2D eigenvalue weighted by Crippen LogP contribution is -2.19. The van der Waals surface area contributed by atoms with Gasteiger partial charge in [-0.25, -0.2) is 13.6 Å². The molecule has 2 N–H and O–H groups in total. The second-order valence-corrected chi connectivity index (χ2v) is 7.13. The fourth-order valence-electron chi connectivity index (χ4n) is 2.95. The van der Waals surface area contributed by atoms with E-state index >= 15 is 0 Å². The molecular formula is C22H15Cl2F2NO4. The third-order valence-electron chi connectivity index (χ3n) is 4.30. The number of anilines is 1. The quantitative estimate of drug-likeness (QED) is 0.448. The maximum atomic E-state index is 14.7. The van der Waals surface area contributed by atoms with Crippen LogP contribution in [-0.2, 0) is 0 Å². The summed E-state index contributed by atoms with van der Waals surface area (Å²) in [6, 6.07) is 11.2. The standard InChI is InChI=1S/C22H15Cl2F2NO4/c1-2-31-13-5-3-4-11(8-13)12-9-16(25)20(17(26)10-12)27-21(28)18-14(23)6-7-15(24)19(18)22(29)30/h3-10H,2H2,1H3,(H,27,28)(H,29,30). The fourth-order valence-corrected chi connectivity index (χ4v) is 3.43. The van der Waals surface area contributed by atoms with Gasteiger partial charge < -0.3 is 15.2 Å². The monoisotopic (exact) mass is 465 g/mol. The van der Waals surface area contributed by atoms with E-state index in [1.807, 2.05) is 12.2 Å². The van der Waals surface area contributed by atoms with E-state index in [4.69, 9.17) is 27.9 Å². The van der Waals surface area contributed by atoms with E-state index in [1.54, 1.807) is 24.3 Å². The molecule has 0 radical (unpaired) electrons. The van der Waals surface area contributed by atoms with Crippen molar-refractivity contribution in [3.63, 3.8) is 0 Å². The Labute approximate surface area is 186 Å². The summed E-state index contributed by atoms with van der Waals surface area (Å²) in [7, 11) is 0. The van der Waals surface area contributed by atoms with Crippen molar-refractivity contribution in [3.8, 4) is 16.9 Å². The minimum Gasteiger partial charge on any atom is -0.494 e. The predicted octanol–water partition coefficient (Wildman–Crippen LogP) is 6.29. The molecule has 5 nitrogen and oxygen atoms in total. The number of benzene rings is 3. The van der Waals surface area contributed by atoms with Crippen LogP contribution in [0, 0.1) is 11.6 Å². The van der Waals surface area contributed by atoms with Gasteiger partial charge in [0.05, 0.1) is 27.8 Å². The number of carbonyl (C=O) groups is 2. The highest BCUT2D eigenvalue weighted by Crippen LogP contribution is 2.32. The molecule has 9 heteroatoms. The van der Waals surface area contributed by atoms with Gasteiger partial charge in [-0.2, -0.15) is 0 Å². The molecule has 0 bridgehead atoms. The van der Waals surface area contributed by atoms with Crippen LogP contribution < -0.4 is 10.1 Å². The van der Waals surface area contributed by atoms with Crippen LogP contribution in [0.3, 0.4) is 0 Å². The minimum absolute atomic E-state index is 0.224.